The van der Waals surface area contributed by atoms with Crippen LogP contribution in [0.5, 0.6) is 0 Å². The molecule has 2 rings (SSSR count). The molecule has 0 saturated heterocycles. The Morgan fingerprint density at radius 1 is 1.19 bits per heavy atom. The molecule has 21 heavy (non-hydrogen) atoms. The first-order valence-electron chi connectivity index (χ1n) is 7.26. The van der Waals surface area contributed by atoms with Crippen LogP contribution in [0.4, 0.5) is 10.5 Å². The number of carbonyl (C=O) groups excluding carboxylic acids is 1. The van der Waals surface area contributed by atoms with Crippen LogP contribution in [0.15, 0.2) is 18.5 Å². The number of pyridine rings is 1. The largest absolute Gasteiger partial charge is 0.480 e. The maximum absolute atomic E-state index is 12.1. The van der Waals surface area contributed by atoms with Crippen molar-refractivity contribution in [3.63, 3.8) is 0 Å². The fraction of sp³-hybridized carbons (Fsp3) is 0.533. The molecular formula is C15H21N3O3. The summed E-state index contributed by atoms with van der Waals surface area (Å²) in [5.74, 6) is -0.957. The second-order valence-corrected chi connectivity index (χ2v) is 5.63. The zero-order chi connectivity index (χ0) is 15.3. The van der Waals surface area contributed by atoms with Crippen LogP contribution in [0.2, 0.25) is 0 Å². The first-order chi connectivity index (χ1) is 10.0. The van der Waals surface area contributed by atoms with E-state index in [0.29, 0.717) is 18.5 Å². The first-order valence-corrected chi connectivity index (χ1v) is 7.26. The lowest BCUT2D eigenvalue weighted by molar-refractivity contribution is -0.145. The van der Waals surface area contributed by atoms with Crippen molar-refractivity contribution in [1.29, 1.82) is 0 Å². The van der Waals surface area contributed by atoms with Crippen LogP contribution in [0.25, 0.3) is 0 Å². The van der Waals surface area contributed by atoms with Gasteiger partial charge >= 0.3 is 12.0 Å². The summed E-state index contributed by atoms with van der Waals surface area (Å²) < 4.78 is 0. The average Bonchev–Trinajstić information content (AvgIpc) is 2.65. The van der Waals surface area contributed by atoms with Gasteiger partial charge in [-0.15, -0.1) is 0 Å². The van der Waals surface area contributed by atoms with E-state index in [0.717, 1.165) is 31.2 Å². The fourth-order valence-electron chi connectivity index (χ4n) is 2.73. The Labute approximate surface area is 124 Å². The number of anilines is 1. The molecule has 1 aromatic rings. The van der Waals surface area contributed by atoms with Crippen molar-refractivity contribution < 1.29 is 14.7 Å². The molecule has 1 fully saturated rings. The van der Waals surface area contributed by atoms with Crippen LogP contribution in [0.1, 0.15) is 44.1 Å². The topological polar surface area (TPSA) is 91.3 Å². The molecule has 1 heterocycles. The van der Waals surface area contributed by atoms with E-state index in [4.69, 9.17) is 0 Å². The third-order valence-corrected chi connectivity index (χ3v) is 3.85. The standard InChI is InChI=1S/C15H21N3O3/c1-11-8-12(10-16-9-11)17-14(21)18-15(13(19)20)6-4-2-3-5-7-15/h8-10H,2-7H2,1H3,(H,19,20)(H2,17,18,21). The van der Waals surface area contributed by atoms with Crippen LogP contribution < -0.4 is 10.6 Å². The van der Waals surface area contributed by atoms with Gasteiger partial charge in [-0.2, -0.15) is 0 Å². The van der Waals surface area contributed by atoms with Crippen LogP contribution in [0.3, 0.4) is 0 Å². The Balaban J connectivity index is 2.06. The van der Waals surface area contributed by atoms with Crippen LogP contribution >= 0.6 is 0 Å². The summed E-state index contributed by atoms with van der Waals surface area (Å²) >= 11 is 0. The highest BCUT2D eigenvalue weighted by molar-refractivity contribution is 5.93. The zero-order valence-corrected chi connectivity index (χ0v) is 12.2. The molecule has 0 spiro atoms. The second kappa shape index (κ2) is 6.56. The van der Waals surface area contributed by atoms with E-state index in [9.17, 15) is 14.7 Å². The molecule has 1 aliphatic rings. The number of amides is 2. The molecule has 6 heteroatoms. The van der Waals surface area contributed by atoms with Gasteiger partial charge in [-0.05, 0) is 31.4 Å². The highest BCUT2D eigenvalue weighted by atomic mass is 16.4. The van der Waals surface area contributed by atoms with Crippen LogP contribution in [-0.4, -0.2) is 27.6 Å². The summed E-state index contributed by atoms with van der Waals surface area (Å²) in [5.41, 5.74) is 0.328. The number of carboxylic acids is 1. The minimum Gasteiger partial charge on any atom is -0.480 e. The Morgan fingerprint density at radius 3 is 2.43 bits per heavy atom. The lowest BCUT2D eigenvalue weighted by Gasteiger charge is -2.29. The fourth-order valence-corrected chi connectivity index (χ4v) is 2.73. The number of urea groups is 1. The molecule has 0 radical (unpaired) electrons. The minimum atomic E-state index is -1.15. The first kappa shape index (κ1) is 15.3. The van der Waals surface area contributed by atoms with Crippen molar-refractivity contribution in [3.05, 3.63) is 24.0 Å². The van der Waals surface area contributed by atoms with E-state index < -0.39 is 17.5 Å². The van der Waals surface area contributed by atoms with Gasteiger partial charge in [-0.1, -0.05) is 25.7 Å². The van der Waals surface area contributed by atoms with Gasteiger partial charge < -0.3 is 15.7 Å². The maximum atomic E-state index is 12.1. The molecule has 1 saturated carbocycles. The van der Waals surface area contributed by atoms with Gasteiger partial charge in [0.05, 0.1) is 11.9 Å². The monoisotopic (exact) mass is 291 g/mol. The minimum absolute atomic E-state index is 0.474. The number of hydrogen-bond acceptors (Lipinski definition) is 3. The smallest absolute Gasteiger partial charge is 0.329 e. The van der Waals surface area contributed by atoms with Crippen molar-refractivity contribution >= 4 is 17.7 Å². The van der Waals surface area contributed by atoms with E-state index in [2.05, 4.69) is 15.6 Å². The number of aliphatic carboxylic acids is 1. The predicted molar refractivity (Wildman–Crippen MR) is 79.2 cm³/mol. The van der Waals surface area contributed by atoms with E-state index in [-0.39, 0.29) is 0 Å². The number of nitrogens with zero attached hydrogens (tertiary/aromatic N) is 1. The Bertz CT molecular complexity index is 523. The third-order valence-electron chi connectivity index (χ3n) is 3.85. The molecule has 2 amide bonds. The number of rotatable bonds is 3. The summed E-state index contributed by atoms with van der Waals surface area (Å²) in [5, 5.41) is 14.8. The normalized spacial score (nSPS) is 17.6. The second-order valence-electron chi connectivity index (χ2n) is 5.63. The van der Waals surface area contributed by atoms with Gasteiger partial charge in [0, 0.05) is 6.20 Å². The van der Waals surface area contributed by atoms with Crippen LogP contribution in [-0.2, 0) is 4.79 Å². The molecule has 0 aromatic carbocycles. The predicted octanol–water partition coefficient (Wildman–Crippen LogP) is 2.69. The molecule has 1 aliphatic carbocycles. The molecule has 0 bridgehead atoms. The molecular weight excluding hydrogens is 270 g/mol. The van der Waals surface area contributed by atoms with Crippen LogP contribution in [0, 0.1) is 6.92 Å². The number of hydrogen-bond donors (Lipinski definition) is 3. The number of carboxylic acid groups (broad SMARTS) is 1. The lowest BCUT2D eigenvalue weighted by Crippen LogP contribution is -2.55. The molecule has 0 atom stereocenters. The van der Waals surface area contributed by atoms with Gasteiger partial charge in [0.15, 0.2) is 0 Å². The van der Waals surface area contributed by atoms with E-state index in [1.165, 1.54) is 6.20 Å². The quantitative estimate of drug-likeness (QED) is 0.747. The maximum Gasteiger partial charge on any atom is 0.329 e. The molecule has 1 aromatic heterocycles. The molecule has 3 N–H and O–H groups in total. The Kier molecular flexibility index (Phi) is 4.77. The lowest BCUT2D eigenvalue weighted by atomic mass is 9.90. The summed E-state index contributed by atoms with van der Waals surface area (Å²) in [6.07, 6.45) is 7.83. The SMILES string of the molecule is Cc1cncc(NC(=O)NC2(C(=O)O)CCCCCC2)c1. The van der Waals surface area contributed by atoms with E-state index >= 15 is 0 Å². The molecule has 6 nitrogen and oxygen atoms in total. The summed E-state index contributed by atoms with van der Waals surface area (Å²) in [4.78, 5) is 27.7. The average molecular weight is 291 g/mol. The van der Waals surface area contributed by atoms with Crippen molar-refractivity contribution in [1.82, 2.24) is 10.3 Å². The van der Waals surface area contributed by atoms with Crippen molar-refractivity contribution in [2.45, 2.75) is 51.0 Å². The van der Waals surface area contributed by atoms with Gasteiger partial charge in [-0.3, -0.25) is 4.98 Å². The van der Waals surface area contributed by atoms with Gasteiger partial charge in [0.2, 0.25) is 0 Å². The van der Waals surface area contributed by atoms with E-state index in [1.54, 1.807) is 12.3 Å². The summed E-state index contributed by atoms with van der Waals surface area (Å²) in [6, 6.07) is 1.29. The van der Waals surface area contributed by atoms with Crippen molar-refractivity contribution in [2.75, 3.05) is 5.32 Å². The Hall–Kier alpha value is -2.11. The number of aromatic nitrogens is 1. The number of aryl methyl sites for hydroxylation is 1. The van der Waals surface area contributed by atoms with Gasteiger partial charge in [0.25, 0.3) is 0 Å². The number of carbonyl (C=O) groups is 2. The summed E-state index contributed by atoms with van der Waals surface area (Å²) in [6.45, 7) is 1.88. The molecule has 114 valence electrons. The summed E-state index contributed by atoms with van der Waals surface area (Å²) in [7, 11) is 0. The molecule has 0 aliphatic heterocycles. The van der Waals surface area contributed by atoms with Gasteiger partial charge in [0.1, 0.15) is 5.54 Å². The molecule has 0 unspecified atom stereocenters. The van der Waals surface area contributed by atoms with Crippen molar-refractivity contribution in [3.8, 4) is 0 Å². The Morgan fingerprint density at radius 2 is 1.86 bits per heavy atom. The highest BCUT2D eigenvalue weighted by Crippen LogP contribution is 2.27. The number of nitrogens with one attached hydrogen (secondary N) is 2. The van der Waals surface area contributed by atoms with Crippen molar-refractivity contribution in [2.24, 2.45) is 0 Å². The highest BCUT2D eigenvalue weighted by Gasteiger charge is 2.40. The zero-order valence-electron chi connectivity index (χ0n) is 12.2. The van der Waals surface area contributed by atoms with E-state index in [1.807, 2.05) is 6.92 Å². The third kappa shape index (κ3) is 3.93. The van der Waals surface area contributed by atoms with Gasteiger partial charge in [-0.25, -0.2) is 9.59 Å².